The average molecular weight is 438 g/mol. The van der Waals surface area contributed by atoms with Crippen molar-refractivity contribution >= 4 is 11.8 Å². The van der Waals surface area contributed by atoms with Gasteiger partial charge in [0.15, 0.2) is 11.4 Å². The van der Waals surface area contributed by atoms with Crippen LogP contribution in [0.15, 0.2) is 0 Å². The van der Waals surface area contributed by atoms with E-state index in [-0.39, 0.29) is 19.6 Å². The Hall–Kier alpha value is -1.10. The van der Waals surface area contributed by atoms with Gasteiger partial charge in [0.1, 0.15) is 17.6 Å². The largest absolute Gasteiger partial charge is 0.462 e. The van der Waals surface area contributed by atoms with E-state index in [2.05, 4.69) is 0 Å². The zero-order valence-electron chi connectivity index (χ0n) is 17.9. The van der Waals surface area contributed by atoms with Crippen molar-refractivity contribution in [1.82, 2.24) is 0 Å². The lowest BCUT2D eigenvalue weighted by atomic mass is 9.35. The Bertz CT molecular complexity index is 882. The van der Waals surface area contributed by atoms with Gasteiger partial charge in [-0.3, -0.25) is 9.59 Å². The molecule has 0 aromatic rings. The minimum atomic E-state index is -2.37. The second-order valence-electron chi connectivity index (χ2n) is 11.4. The highest BCUT2D eigenvalue weighted by Crippen LogP contribution is 2.78. The molecule has 31 heavy (non-hydrogen) atoms. The van der Waals surface area contributed by atoms with Crippen molar-refractivity contribution in [3.8, 4) is 0 Å². The molecule has 7 rings (SSSR count). The van der Waals surface area contributed by atoms with Crippen LogP contribution in [0.2, 0.25) is 0 Å². The van der Waals surface area contributed by atoms with Gasteiger partial charge in [0.2, 0.25) is 5.79 Å². The molecule has 3 unspecified atom stereocenters. The number of carbonyl (C=O) groups excluding carboxylic acids is 2. The monoisotopic (exact) mass is 438 g/mol. The molecule has 3 aliphatic heterocycles. The molecule has 4 N–H and O–H groups in total. The molecule has 172 valence electrons. The third-order valence-corrected chi connectivity index (χ3v) is 9.86. The van der Waals surface area contributed by atoms with Crippen LogP contribution in [-0.2, 0) is 23.8 Å². The topological polar surface area (TPSA) is 146 Å². The molecule has 3 spiro atoms. The number of fused-ring (bicyclic) bond motifs is 3. The smallest absolute Gasteiger partial charge is 0.302 e. The average Bonchev–Trinajstić information content (AvgIpc) is 3.47. The Morgan fingerprint density at radius 1 is 1.10 bits per heavy atom. The molecule has 3 saturated heterocycles. The molecule has 0 aromatic heterocycles. The van der Waals surface area contributed by atoms with Crippen LogP contribution in [0.1, 0.15) is 40.0 Å². The van der Waals surface area contributed by atoms with Crippen molar-refractivity contribution in [2.24, 2.45) is 34.0 Å². The quantitative estimate of drug-likeness (QED) is 0.303. The third-order valence-electron chi connectivity index (χ3n) is 9.86. The number of epoxide rings is 1. The van der Waals surface area contributed by atoms with Crippen molar-refractivity contribution in [1.29, 1.82) is 0 Å². The molecule has 3 heterocycles. The van der Waals surface area contributed by atoms with E-state index in [4.69, 9.17) is 14.2 Å². The lowest BCUT2D eigenvalue weighted by Gasteiger charge is -2.75. The standard InChI is InChI=1S/C22H30O9/c1-9(23)31-11-6-10-15(25)21(17(27)20(10)8-29-20)13(11)19-7-30-22(21,28)16(26)14(19)18(2,3)5-4-12(19)24/h10-16,24-26,28H,4-8H2,1-3H3/t10-,11-,12-,13?,14?,15+,16-,19-,20+,21+,22?/m0/s1. The molecule has 4 bridgehead atoms. The number of carbonyl (C=O) groups is 2. The normalized spacial score (nSPS) is 60.5. The molecule has 7 fully saturated rings. The van der Waals surface area contributed by atoms with E-state index < -0.39 is 81.6 Å². The summed E-state index contributed by atoms with van der Waals surface area (Å²) in [6.07, 6.45) is -3.44. The predicted octanol–water partition coefficient (Wildman–Crippen LogP) is -0.870. The first-order valence-corrected chi connectivity index (χ1v) is 11.2. The van der Waals surface area contributed by atoms with Crippen LogP contribution in [0.25, 0.3) is 0 Å². The maximum absolute atomic E-state index is 14.0. The zero-order valence-corrected chi connectivity index (χ0v) is 17.9. The fourth-order valence-corrected chi connectivity index (χ4v) is 8.84. The minimum absolute atomic E-state index is 0.0987. The highest BCUT2D eigenvalue weighted by molar-refractivity contribution is 6.00. The molecule has 7 aliphatic rings. The van der Waals surface area contributed by atoms with Crippen molar-refractivity contribution in [2.75, 3.05) is 13.2 Å². The molecule has 0 radical (unpaired) electrons. The van der Waals surface area contributed by atoms with Crippen LogP contribution >= 0.6 is 0 Å². The molecular formula is C22H30O9. The van der Waals surface area contributed by atoms with Gasteiger partial charge in [0, 0.05) is 30.1 Å². The van der Waals surface area contributed by atoms with Gasteiger partial charge in [-0.05, 0) is 24.7 Å². The molecule has 11 atom stereocenters. The molecule has 0 amide bonds. The second kappa shape index (κ2) is 5.51. The Morgan fingerprint density at radius 3 is 2.39 bits per heavy atom. The van der Waals surface area contributed by atoms with Crippen LogP contribution in [-0.4, -0.2) is 81.2 Å². The van der Waals surface area contributed by atoms with E-state index in [0.717, 1.165) is 0 Å². The van der Waals surface area contributed by atoms with Crippen LogP contribution in [0.3, 0.4) is 0 Å². The Labute approximate surface area is 179 Å². The van der Waals surface area contributed by atoms with Crippen molar-refractivity contribution < 1.29 is 44.2 Å². The molecule has 9 nitrogen and oxygen atoms in total. The predicted molar refractivity (Wildman–Crippen MR) is 101 cm³/mol. The summed E-state index contributed by atoms with van der Waals surface area (Å²) in [5, 5.41) is 46.4. The first-order chi connectivity index (χ1) is 14.4. The number of hydrogen-bond donors (Lipinski definition) is 4. The van der Waals surface area contributed by atoms with E-state index in [0.29, 0.717) is 12.8 Å². The van der Waals surface area contributed by atoms with E-state index in [1.807, 2.05) is 13.8 Å². The fraction of sp³-hybridized carbons (Fsp3) is 0.909. The van der Waals surface area contributed by atoms with Gasteiger partial charge in [-0.15, -0.1) is 0 Å². The van der Waals surface area contributed by atoms with Gasteiger partial charge in [0.05, 0.1) is 25.4 Å². The number of esters is 1. The number of ether oxygens (including phenoxy) is 3. The summed E-state index contributed by atoms with van der Waals surface area (Å²) in [6, 6.07) is 0. The Kier molecular flexibility index (Phi) is 3.64. The fourth-order valence-electron chi connectivity index (χ4n) is 8.84. The van der Waals surface area contributed by atoms with Crippen LogP contribution in [0.4, 0.5) is 0 Å². The first kappa shape index (κ1) is 20.5. The van der Waals surface area contributed by atoms with Crippen LogP contribution in [0, 0.1) is 34.0 Å². The molecule has 4 saturated carbocycles. The van der Waals surface area contributed by atoms with Gasteiger partial charge in [-0.1, -0.05) is 13.8 Å². The number of ketones is 1. The van der Waals surface area contributed by atoms with Gasteiger partial charge in [0.25, 0.3) is 0 Å². The summed E-state index contributed by atoms with van der Waals surface area (Å²) in [5.74, 6) is -5.64. The summed E-state index contributed by atoms with van der Waals surface area (Å²) in [6.45, 7) is 5.22. The van der Waals surface area contributed by atoms with Crippen LogP contribution in [0.5, 0.6) is 0 Å². The number of aliphatic hydroxyl groups is 4. The zero-order chi connectivity index (χ0) is 22.4. The number of aliphatic hydroxyl groups excluding tert-OH is 3. The van der Waals surface area contributed by atoms with Crippen molar-refractivity contribution in [2.45, 2.75) is 75.8 Å². The lowest BCUT2D eigenvalue weighted by Crippen LogP contribution is -2.87. The van der Waals surface area contributed by atoms with Crippen molar-refractivity contribution in [3.05, 3.63) is 0 Å². The minimum Gasteiger partial charge on any atom is -0.462 e. The van der Waals surface area contributed by atoms with Crippen LogP contribution < -0.4 is 0 Å². The summed E-state index contributed by atoms with van der Waals surface area (Å²) >= 11 is 0. The number of Topliss-reactive ketones (excluding diaryl/α,β-unsaturated/α-hetero) is 1. The summed E-state index contributed by atoms with van der Waals surface area (Å²) < 4.78 is 17.2. The SMILES string of the molecule is CC(=O)O[C@H]1C[C@H]2[C@@H](O)[C@@]3(C(=O)[C@@]24CO4)C1[C@@]12COC3(O)[C@@H](O)C1C(C)(C)CC[C@@H]2O. The third kappa shape index (κ3) is 1.86. The number of rotatable bonds is 1. The summed E-state index contributed by atoms with van der Waals surface area (Å²) in [4.78, 5) is 26.1. The van der Waals surface area contributed by atoms with Crippen molar-refractivity contribution in [3.63, 3.8) is 0 Å². The maximum Gasteiger partial charge on any atom is 0.302 e. The first-order valence-electron chi connectivity index (χ1n) is 11.2. The van der Waals surface area contributed by atoms with E-state index >= 15 is 0 Å². The highest BCUT2D eigenvalue weighted by Gasteiger charge is 2.93. The number of hydrogen-bond acceptors (Lipinski definition) is 9. The summed E-state index contributed by atoms with van der Waals surface area (Å²) in [5.41, 5.74) is -4.89. The highest BCUT2D eigenvalue weighted by atomic mass is 16.7. The molecule has 4 aliphatic carbocycles. The van der Waals surface area contributed by atoms with Gasteiger partial charge in [-0.2, -0.15) is 0 Å². The van der Waals surface area contributed by atoms with Gasteiger partial charge < -0.3 is 34.6 Å². The molecule has 9 heteroatoms. The maximum atomic E-state index is 14.0. The van der Waals surface area contributed by atoms with E-state index in [9.17, 15) is 30.0 Å². The van der Waals surface area contributed by atoms with Gasteiger partial charge in [-0.25, -0.2) is 0 Å². The second-order valence-corrected chi connectivity index (χ2v) is 11.4. The Balaban J connectivity index is 1.66. The lowest BCUT2D eigenvalue weighted by molar-refractivity contribution is -0.465. The van der Waals surface area contributed by atoms with E-state index in [1.165, 1.54) is 6.92 Å². The molecule has 0 aromatic carbocycles. The van der Waals surface area contributed by atoms with Gasteiger partial charge >= 0.3 is 5.97 Å². The summed E-state index contributed by atoms with van der Waals surface area (Å²) in [7, 11) is 0. The molecular weight excluding hydrogens is 408 g/mol. The Morgan fingerprint density at radius 2 is 1.77 bits per heavy atom. The van der Waals surface area contributed by atoms with E-state index in [1.54, 1.807) is 0 Å².